The quantitative estimate of drug-likeness (QED) is 0.504. The van der Waals surface area contributed by atoms with Gasteiger partial charge >= 0.3 is 0 Å². The van der Waals surface area contributed by atoms with Crippen LogP contribution in [0.3, 0.4) is 0 Å². The van der Waals surface area contributed by atoms with Gasteiger partial charge in [-0.25, -0.2) is 0 Å². The molecule has 1 aromatic rings. The molecule has 1 rings (SSSR count). The second-order valence-corrected chi connectivity index (χ2v) is 3.83. The number of nitrogens with zero attached hydrogens (tertiary/aromatic N) is 1. The molecule has 0 heterocycles. The molecule has 0 atom stereocenters. The molecule has 0 bridgehead atoms. The fraction of sp³-hybridized carbons (Fsp3) is 0.500. The van der Waals surface area contributed by atoms with E-state index in [1.54, 1.807) is 7.11 Å². The van der Waals surface area contributed by atoms with Crippen molar-refractivity contribution in [3.05, 3.63) is 29.8 Å². The van der Waals surface area contributed by atoms with Gasteiger partial charge in [-0.1, -0.05) is 38.0 Å². The molecule has 0 unspecified atom stereocenters. The molecule has 0 radical (unpaired) electrons. The van der Waals surface area contributed by atoms with Crippen LogP contribution in [0.25, 0.3) is 0 Å². The van der Waals surface area contributed by atoms with E-state index in [1.165, 1.54) is 19.3 Å². The Morgan fingerprint density at radius 3 is 2.81 bits per heavy atom. The summed E-state index contributed by atoms with van der Waals surface area (Å²) in [5.41, 5.74) is 1.15. The largest absolute Gasteiger partial charge is 0.496 e. The summed E-state index contributed by atoms with van der Waals surface area (Å²) in [6, 6.07) is 8.03. The van der Waals surface area contributed by atoms with Gasteiger partial charge in [-0.05, 0) is 25.1 Å². The van der Waals surface area contributed by atoms with Crippen molar-refractivity contribution in [2.24, 2.45) is 4.99 Å². The van der Waals surface area contributed by atoms with E-state index in [2.05, 4.69) is 18.0 Å². The molecule has 0 amide bonds. The van der Waals surface area contributed by atoms with Crippen LogP contribution in [0.5, 0.6) is 5.75 Å². The predicted octanol–water partition coefficient (Wildman–Crippen LogP) is 3.85. The van der Waals surface area contributed by atoms with E-state index in [1.807, 2.05) is 24.4 Å². The molecular formula is C14H21NO. The van der Waals surface area contributed by atoms with Gasteiger partial charge in [-0.15, -0.1) is 0 Å². The summed E-state index contributed by atoms with van der Waals surface area (Å²) in [6.07, 6.45) is 6.91. The van der Waals surface area contributed by atoms with Crippen LogP contribution >= 0.6 is 0 Å². The molecule has 0 spiro atoms. The first-order valence-electron chi connectivity index (χ1n) is 5.98. The number of hydrogen-bond donors (Lipinski definition) is 0. The molecule has 0 saturated carbocycles. The average Bonchev–Trinajstić information content (AvgIpc) is 2.34. The van der Waals surface area contributed by atoms with Crippen LogP contribution in [0.2, 0.25) is 0 Å². The third-order valence-corrected chi connectivity index (χ3v) is 2.52. The van der Waals surface area contributed by atoms with Crippen LogP contribution in [0, 0.1) is 0 Å². The zero-order valence-corrected chi connectivity index (χ0v) is 10.3. The number of rotatable bonds is 7. The van der Waals surface area contributed by atoms with Crippen LogP contribution in [-0.4, -0.2) is 13.3 Å². The Labute approximate surface area is 98.4 Å². The van der Waals surface area contributed by atoms with Crippen molar-refractivity contribution in [1.29, 1.82) is 0 Å². The van der Waals surface area contributed by atoms with Crippen LogP contribution in [0.15, 0.2) is 29.3 Å². The number of unbranched alkanes of at least 4 members (excludes halogenated alkanes) is 3. The molecule has 0 aromatic heterocycles. The first-order chi connectivity index (χ1) is 7.88. The lowest BCUT2D eigenvalue weighted by molar-refractivity contribution is 0.410. The van der Waals surface area contributed by atoms with E-state index in [9.17, 15) is 0 Å². The summed E-state index contributed by atoms with van der Waals surface area (Å²) in [5, 5.41) is 0. The minimum atomic E-state index is 0.718. The van der Waals surface area contributed by atoms with Crippen LogP contribution in [-0.2, 0) is 6.54 Å². The summed E-state index contributed by atoms with van der Waals surface area (Å²) in [7, 11) is 1.70. The topological polar surface area (TPSA) is 21.6 Å². The summed E-state index contributed by atoms with van der Waals surface area (Å²) in [5.74, 6) is 0.924. The normalized spacial score (nSPS) is 10.9. The molecule has 2 nitrogen and oxygen atoms in total. The Morgan fingerprint density at radius 1 is 1.25 bits per heavy atom. The Balaban J connectivity index is 2.36. The smallest absolute Gasteiger partial charge is 0.123 e. The first-order valence-corrected chi connectivity index (χ1v) is 5.98. The molecule has 16 heavy (non-hydrogen) atoms. The van der Waals surface area contributed by atoms with Crippen LogP contribution < -0.4 is 4.74 Å². The SMILES string of the molecule is CCCCCC=NCc1ccccc1OC. The Bertz CT molecular complexity index is 320. The van der Waals surface area contributed by atoms with Gasteiger partial charge < -0.3 is 4.74 Å². The van der Waals surface area contributed by atoms with Crippen molar-refractivity contribution in [3.8, 4) is 5.75 Å². The minimum absolute atomic E-state index is 0.718. The second-order valence-electron chi connectivity index (χ2n) is 3.83. The lowest BCUT2D eigenvalue weighted by Gasteiger charge is -2.04. The number of benzene rings is 1. The Hall–Kier alpha value is -1.31. The molecule has 0 aliphatic rings. The zero-order chi connectivity index (χ0) is 11.6. The van der Waals surface area contributed by atoms with E-state index >= 15 is 0 Å². The highest BCUT2D eigenvalue weighted by Crippen LogP contribution is 2.17. The van der Waals surface area contributed by atoms with E-state index < -0.39 is 0 Å². The van der Waals surface area contributed by atoms with Gasteiger partial charge in [0.1, 0.15) is 5.75 Å². The number of hydrogen-bond acceptors (Lipinski definition) is 2. The van der Waals surface area contributed by atoms with Gasteiger partial charge in [0, 0.05) is 5.56 Å². The molecule has 0 N–H and O–H groups in total. The fourth-order valence-corrected chi connectivity index (χ4v) is 1.57. The van der Waals surface area contributed by atoms with Crippen molar-refractivity contribution < 1.29 is 4.74 Å². The van der Waals surface area contributed by atoms with Gasteiger partial charge in [0.05, 0.1) is 13.7 Å². The van der Waals surface area contributed by atoms with Gasteiger partial charge in [-0.3, -0.25) is 4.99 Å². The Kier molecular flexibility index (Phi) is 6.31. The maximum atomic E-state index is 5.27. The summed E-state index contributed by atoms with van der Waals surface area (Å²) < 4.78 is 5.27. The monoisotopic (exact) mass is 219 g/mol. The third-order valence-electron chi connectivity index (χ3n) is 2.52. The average molecular weight is 219 g/mol. The summed E-state index contributed by atoms with van der Waals surface area (Å²) >= 11 is 0. The number of aliphatic imine (C=N–C) groups is 1. The van der Waals surface area contributed by atoms with Gasteiger partial charge in [0.2, 0.25) is 0 Å². The highest BCUT2D eigenvalue weighted by Gasteiger charge is 1.98. The highest BCUT2D eigenvalue weighted by atomic mass is 16.5. The summed E-state index contributed by atoms with van der Waals surface area (Å²) in [6.45, 7) is 2.93. The zero-order valence-electron chi connectivity index (χ0n) is 10.3. The number of methoxy groups -OCH3 is 1. The van der Waals surface area contributed by atoms with Crippen molar-refractivity contribution in [2.45, 2.75) is 39.2 Å². The fourth-order valence-electron chi connectivity index (χ4n) is 1.57. The molecule has 0 aliphatic heterocycles. The minimum Gasteiger partial charge on any atom is -0.496 e. The molecular weight excluding hydrogens is 198 g/mol. The van der Waals surface area contributed by atoms with Crippen molar-refractivity contribution in [1.82, 2.24) is 0 Å². The lowest BCUT2D eigenvalue weighted by atomic mass is 10.2. The highest BCUT2D eigenvalue weighted by molar-refractivity contribution is 5.57. The van der Waals surface area contributed by atoms with Gasteiger partial charge in [0.25, 0.3) is 0 Å². The molecule has 2 heteroatoms. The standard InChI is InChI=1S/C14H21NO/c1-3-4-5-8-11-15-12-13-9-6-7-10-14(13)16-2/h6-7,9-11H,3-5,8,12H2,1-2H3. The van der Waals surface area contributed by atoms with Gasteiger partial charge in [-0.2, -0.15) is 0 Å². The van der Waals surface area contributed by atoms with E-state index in [4.69, 9.17) is 4.74 Å². The molecule has 0 aliphatic carbocycles. The van der Waals surface area contributed by atoms with Crippen molar-refractivity contribution in [2.75, 3.05) is 7.11 Å². The van der Waals surface area contributed by atoms with Gasteiger partial charge in [0.15, 0.2) is 0 Å². The number of ether oxygens (including phenoxy) is 1. The van der Waals surface area contributed by atoms with Crippen molar-refractivity contribution >= 4 is 6.21 Å². The molecule has 88 valence electrons. The third kappa shape index (κ3) is 4.47. The maximum Gasteiger partial charge on any atom is 0.123 e. The maximum absolute atomic E-state index is 5.27. The lowest BCUT2D eigenvalue weighted by Crippen LogP contribution is -1.90. The van der Waals surface area contributed by atoms with Crippen LogP contribution in [0.4, 0.5) is 0 Å². The predicted molar refractivity (Wildman–Crippen MR) is 69.3 cm³/mol. The number of para-hydroxylation sites is 1. The molecule has 1 aromatic carbocycles. The molecule has 0 fully saturated rings. The second kappa shape index (κ2) is 7.91. The molecule has 0 saturated heterocycles. The Morgan fingerprint density at radius 2 is 2.06 bits per heavy atom. The van der Waals surface area contributed by atoms with Crippen molar-refractivity contribution in [3.63, 3.8) is 0 Å². The van der Waals surface area contributed by atoms with E-state index in [0.717, 1.165) is 24.3 Å². The van der Waals surface area contributed by atoms with E-state index in [-0.39, 0.29) is 0 Å². The van der Waals surface area contributed by atoms with E-state index in [0.29, 0.717) is 0 Å². The summed E-state index contributed by atoms with van der Waals surface area (Å²) in [4.78, 5) is 4.42. The van der Waals surface area contributed by atoms with Crippen LogP contribution in [0.1, 0.15) is 38.2 Å². The first kappa shape index (κ1) is 12.8.